The van der Waals surface area contributed by atoms with Gasteiger partial charge in [-0.1, -0.05) is 6.92 Å². The molecule has 0 aromatic rings. The average molecular weight is 300 g/mol. The molecule has 0 bridgehead atoms. The van der Waals surface area contributed by atoms with E-state index in [-0.39, 0.29) is 30.4 Å². The number of carbonyl (C=O) groups excluding carboxylic acids is 2. The van der Waals surface area contributed by atoms with Crippen LogP contribution in [0.2, 0.25) is 0 Å². The van der Waals surface area contributed by atoms with E-state index in [2.05, 4.69) is 5.32 Å². The van der Waals surface area contributed by atoms with Gasteiger partial charge in [-0.2, -0.15) is 0 Å². The maximum absolute atomic E-state index is 12.1. The minimum atomic E-state index is -0.928. The number of piperidine rings is 1. The maximum atomic E-state index is 12.1. The Morgan fingerprint density at radius 2 is 1.90 bits per heavy atom. The number of esters is 1. The van der Waals surface area contributed by atoms with Gasteiger partial charge in [0.2, 0.25) is 0 Å². The Kier molecular flexibility index (Phi) is 6.98. The number of carboxylic acids is 1. The van der Waals surface area contributed by atoms with Crippen molar-refractivity contribution in [1.82, 2.24) is 10.2 Å². The quantitative estimate of drug-likeness (QED) is 0.719. The molecule has 1 aliphatic rings. The van der Waals surface area contributed by atoms with Crippen LogP contribution in [-0.2, 0) is 14.3 Å². The Morgan fingerprint density at radius 3 is 2.38 bits per heavy atom. The molecule has 1 atom stereocenters. The van der Waals surface area contributed by atoms with Gasteiger partial charge in [-0.3, -0.25) is 9.59 Å². The first-order valence-corrected chi connectivity index (χ1v) is 7.41. The molecule has 0 saturated carbocycles. The van der Waals surface area contributed by atoms with Crippen molar-refractivity contribution in [3.8, 4) is 0 Å². The van der Waals surface area contributed by atoms with E-state index >= 15 is 0 Å². The van der Waals surface area contributed by atoms with Gasteiger partial charge in [-0.25, -0.2) is 4.79 Å². The van der Waals surface area contributed by atoms with E-state index in [0.717, 1.165) is 0 Å². The number of rotatable bonds is 6. The molecule has 1 saturated heterocycles. The van der Waals surface area contributed by atoms with Gasteiger partial charge in [0.05, 0.1) is 18.9 Å². The molecule has 0 spiro atoms. The van der Waals surface area contributed by atoms with Crippen molar-refractivity contribution in [1.29, 1.82) is 0 Å². The normalized spacial score (nSPS) is 17.1. The number of ether oxygens (including phenoxy) is 1. The van der Waals surface area contributed by atoms with Gasteiger partial charge in [0.25, 0.3) is 0 Å². The summed E-state index contributed by atoms with van der Waals surface area (Å²) < 4.78 is 4.98. The first kappa shape index (κ1) is 17.3. The summed E-state index contributed by atoms with van der Waals surface area (Å²) in [6, 6.07) is -0.622. The first-order chi connectivity index (χ1) is 9.97. The third kappa shape index (κ3) is 5.61. The molecule has 1 rings (SSSR count). The van der Waals surface area contributed by atoms with E-state index < -0.39 is 5.97 Å². The second kappa shape index (κ2) is 8.49. The van der Waals surface area contributed by atoms with Crippen molar-refractivity contribution in [3.63, 3.8) is 0 Å². The molecule has 7 heteroatoms. The molecule has 0 aliphatic carbocycles. The van der Waals surface area contributed by atoms with Crippen LogP contribution in [0, 0.1) is 5.92 Å². The zero-order valence-electron chi connectivity index (χ0n) is 12.6. The molecule has 1 fully saturated rings. The second-order valence-electron chi connectivity index (χ2n) is 5.17. The topological polar surface area (TPSA) is 95.9 Å². The van der Waals surface area contributed by atoms with Crippen molar-refractivity contribution in [2.45, 2.75) is 45.6 Å². The van der Waals surface area contributed by atoms with Gasteiger partial charge in [0.1, 0.15) is 0 Å². The predicted molar refractivity (Wildman–Crippen MR) is 75.8 cm³/mol. The lowest BCUT2D eigenvalue weighted by Gasteiger charge is -2.32. The molecule has 21 heavy (non-hydrogen) atoms. The highest BCUT2D eigenvalue weighted by atomic mass is 16.5. The zero-order valence-corrected chi connectivity index (χ0v) is 12.6. The van der Waals surface area contributed by atoms with E-state index in [9.17, 15) is 14.4 Å². The highest BCUT2D eigenvalue weighted by Gasteiger charge is 2.28. The molecule has 0 radical (unpaired) electrons. The molecule has 7 nitrogen and oxygen atoms in total. The van der Waals surface area contributed by atoms with Crippen LogP contribution in [0.1, 0.15) is 39.5 Å². The number of nitrogens with zero attached hydrogens (tertiary/aromatic N) is 1. The summed E-state index contributed by atoms with van der Waals surface area (Å²) in [4.78, 5) is 36.0. The molecule has 0 aromatic heterocycles. The van der Waals surface area contributed by atoms with Crippen molar-refractivity contribution in [3.05, 3.63) is 0 Å². The fourth-order valence-corrected chi connectivity index (χ4v) is 2.35. The smallest absolute Gasteiger partial charge is 0.317 e. The van der Waals surface area contributed by atoms with Crippen molar-refractivity contribution >= 4 is 18.0 Å². The van der Waals surface area contributed by atoms with E-state index in [1.807, 2.05) is 6.92 Å². The van der Waals surface area contributed by atoms with Crippen LogP contribution >= 0.6 is 0 Å². The van der Waals surface area contributed by atoms with Gasteiger partial charge in [0, 0.05) is 19.1 Å². The third-order valence-corrected chi connectivity index (χ3v) is 3.64. The minimum absolute atomic E-state index is 0.0818. The Bertz CT molecular complexity index is 378. The van der Waals surface area contributed by atoms with Crippen LogP contribution in [0.4, 0.5) is 4.79 Å². The Labute approximate surface area is 124 Å². The number of hydrogen-bond acceptors (Lipinski definition) is 4. The Balaban J connectivity index is 2.40. The summed E-state index contributed by atoms with van der Waals surface area (Å²) >= 11 is 0. The highest BCUT2D eigenvalue weighted by molar-refractivity contribution is 5.77. The van der Waals surface area contributed by atoms with Gasteiger partial charge in [-0.15, -0.1) is 0 Å². The zero-order chi connectivity index (χ0) is 15.8. The SMILES string of the molecule is CCOC(=O)C1CCN(C(=O)NC(CC)CC(=O)O)CC1. The van der Waals surface area contributed by atoms with E-state index in [1.54, 1.807) is 11.8 Å². The molecule has 2 N–H and O–H groups in total. The van der Waals surface area contributed by atoms with Gasteiger partial charge in [-0.05, 0) is 26.2 Å². The molecule has 0 aromatic carbocycles. The van der Waals surface area contributed by atoms with Crippen LogP contribution in [0.25, 0.3) is 0 Å². The predicted octanol–water partition coefficient (Wildman–Crippen LogP) is 1.22. The standard InChI is InChI=1S/C14H24N2O5/c1-3-11(9-12(17)18)15-14(20)16-7-5-10(6-8-16)13(19)21-4-2/h10-11H,3-9H2,1-2H3,(H,15,20)(H,17,18). The molecule has 1 aliphatic heterocycles. The van der Waals surface area contributed by atoms with Crippen LogP contribution < -0.4 is 5.32 Å². The molecule has 1 heterocycles. The molecule has 120 valence electrons. The highest BCUT2D eigenvalue weighted by Crippen LogP contribution is 2.18. The van der Waals surface area contributed by atoms with E-state index in [1.165, 1.54) is 0 Å². The van der Waals surface area contributed by atoms with Gasteiger partial charge < -0.3 is 20.1 Å². The number of aliphatic carboxylic acids is 1. The first-order valence-electron chi connectivity index (χ1n) is 7.41. The fourth-order valence-electron chi connectivity index (χ4n) is 2.35. The summed E-state index contributed by atoms with van der Waals surface area (Å²) in [7, 11) is 0. The van der Waals surface area contributed by atoms with Crippen molar-refractivity contribution in [2.75, 3.05) is 19.7 Å². The summed E-state index contributed by atoms with van der Waals surface area (Å²) in [6.07, 6.45) is 1.66. The third-order valence-electron chi connectivity index (χ3n) is 3.64. The largest absolute Gasteiger partial charge is 0.481 e. The molecular weight excluding hydrogens is 276 g/mol. The monoisotopic (exact) mass is 300 g/mol. The van der Waals surface area contributed by atoms with E-state index in [0.29, 0.717) is 39.0 Å². The summed E-state index contributed by atoms with van der Waals surface area (Å²) in [6.45, 7) is 4.94. The van der Waals surface area contributed by atoms with Crippen LogP contribution in [0.15, 0.2) is 0 Å². The number of urea groups is 1. The van der Waals surface area contributed by atoms with Crippen molar-refractivity contribution < 1.29 is 24.2 Å². The number of hydrogen-bond donors (Lipinski definition) is 2. The summed E-state index contributed by atoms with van der Waals surface area (Å²) in [5.41, 5.74) is 0. The van der Waals surface area contributed by atoms with E-state index in [4.69, 9.17) is 9.84 Å². The summed E-state index contributed by atoms with van der Waals surface area (Å²) in [5.74, 6) is -1.27. The van der Waals surface area contributed by atoms with Crippen molar-refractivity contribution in [2.24, 2.45) is 5.92 Å². The summed E-state index contributed by atoms with van der Waals surface area (Å²) in [5, 5.41) is 11.5. The number of carboxylic acid groups (broad SMARTS) is 1. The molecule has 2 amide bonds. The fraction of sp³-hybridized carbons (Fsp3) is 0.786. The number of carbonyl (C=O) groups is 3. The number of nitrogens with one attached hydrogen (secondary N) is 1. The molecular formula is C14H24N2O5. The molecule has 1 unspecified atom stereocenters. The lowest BCUT2D eigenvalue weighted by atomic mass is 9.97. The number of likely N-dealkylation sites (tertiary alicyclic amines) is 1. The average Bonchev–Trinajstić information content (AvgIpc) is 2.46. The maximum Gasteiger partial charge on any atom is 0.317 e. The van der Waals surface area contributed by atoms with Crippen LogP contribution in [0.3, 0.4) is 0 Å². The minimum Gasteiger partial charge on any atom is -0.481 e. The number of amides is 2. The Morgan fingerprint density at radius 1 is 1.29 bits per heavy atom. The lowest BCUT2D eigenvalue weighted by Crippen LogP contribution is -2.49. The van der Waals surface area contributed by atoms with Gasteiger partial charge in [0.15, 0.2) is 0 Å². The lowest BCUT2D eigenvalue weighted by molar-refractivity contribution is -0.149. The second-order valence-corrected chi connectivity index (χ2v) is 5.17. The van der Waals surface area contributed by atoms with Crippen LogP contribution in [-0.4, -0.2) is 53.7 Å². The Hall–Kier alpha value is -1.79. The van der Waals surface area contributed by atoms with Crippen LogP contribution in [0.5, 0.6) is 0 Å². The van der Waals surface area contributed by atoms with Gasteiger partial charge >= 0.3 is 18.0 Å².